The second-order valence-electron chi connectivity index (χ2n) is 24.9. The van der Waals surface area contributed by atoms with Crippen molar-refractivity contribution in [1.29, 1.82) is 0 Å². The lowest BCUT2D eigenvalue weighted by Gasteiger charge is -1.92. The van der Waals surface area contributed by atoms with E-state index >= 15 is 0 Å². The summed E-state index contributed by atoms with van der Waals surface area (Å²) < 4.78 is 0. The molecular weight excluding hydrogens is 1430 g/mol. The van der Waals surface area contributed by atoms with Gasteiger partial charge in [0, 0.05) is 42.7 Å². The summed E-state index contributed by atoms with van der Waals surface area (Å²) >= 11 is 0. The smallest absolute Gasteiger partial charge is 0.0319 e. The molecule has 0 aromatic heterocycles. The molecule has 0 unspecified atom stereocenters. The molecule has 642 valence electrons. The van der Waals surface area contributed by atoms with Crippen molar-refractivity contribution >= 4 is 64.6 Å². The zero-order valence-electron chi connectivity index (χ0n) is 77.6. The maximum absolute atomic E-state index is 7.00. The Kier molecular flexibility index (Phi) is 115. The van der Waals surface area contributed by atoms with Crippen LogP contribution < -0.4 is 0 Å². The third-order valence-corrected chi connectivity index (χ3v) is 12.0. The molecule has 0 radical (unpaired) electrons. The molecule has 0 saturated carbocycles. The van der Waals surface area contributed by atoms with Crippen molar-refractivity contribution in [3.63, 3.8) is 0 Å². The topological polar surface area (TPSA) is 121 Å². The van der Waals surface area contributed by atoms with E-state index in [0.717, 1.165) is 60.4 Å². The quantitative estimate of drug-likeness (QED) is 0.0900. The summed E-state index contributed by atoms with van der Waals surface area (Å²) in [5.74, 6) is 2.50. The Labute approximate surface area is 716 Å². The highest BCUT2D eigenvalue weighted by Gasteiger charge is 1.90. The van der Waals surface area contributed by atoms with Gasteiger partial charge in [-0.1, -0.05) is 565 Å². The molecule has 0 fully saturated rings. The second kappa shape index (κ2) is 108. The van der Waals surface area contributed by atoms with Crippen molar-refractivity contribution in [3.05, 3.63) is 400 Å². The molecule has 6 N–H and O–H groups in total. The van der Waals surface area contributed by atoms with E-state index in [-0.39, 0.29) is 0 Å². The predicted molar refractivity (Wildman–Crippen MR) is 535 cm³/mol. The lowest BCUT2D eigenvalue weighted by Crippen LogP contribution is -1.67. The van der Waals surface area contributed by atoms with Gasteiger partial charge in [-0.25, -0.2) is 0 Å². The highest BCUT2D eigenvalue weighted by atomic mass is 16.2. The molecular formula is C111H162O6. The summed E-state index contributed by atoms with van der Waals surface area (Å²) in [4.78, 5) is 0. The molecule has 0 spiro atoms. The highest BCUT2D eigenvalue weighted by Crippen LogP contribution is 2.16. The molecule has 0 heterocycles. The molecule has 0 atom stereocenters. The number of benzene rings is 15. The van der Waals surface area contributed by atoms with Gasteiger partial charge in [0.2, 0.25) is 0 Å². The zero-order chi connectivity index (χ0) is 90.5. The van der Waals surface area contributed by atoms with Crippen LogP contribution in [0.25, 0.3) is 64.6 Å². The summed E-state index contributed by atoms with van der Waals surface area (Å²) in [5, 5.41) is 57.7. The summed E-state index contributed by atoms with van der Waals surface area (Å²) in [6.07, 6.45) is 3.75. The predicted octanol–water partition coefficient (Wildman–Crippen LogP) is 32.1. The van der Waals surface area contributed by atoms with Gasteiger partial charge in [-0.2, -0.15) is 0 Å². The zero-order valence-corrected chi connectivity index (χ0v) is 77.6. The lowest BCUT2D eigenvalue weighted by molar-refractivity contribution is 0.399. The van der Waals surface area contributed by atoms with Crippen LogP contribution in [0.15, 0.2) is 400 Å². The Morgan fingerprint density at radius 3 is 0.197 bits per heavy atom. The van der Waals surface area contributed by atoms with Crippen molar-refractivity contribution in [2.75, 3.05) is 42.7 Å². The van der Waals surface area contributed by atoms with Gasteiger partial charge in [0.1, 0.15) is 0 Å². The van der Waals surface area contributed by atoms with E-state index in [2.05, 4.69) is 395 Å². The average molecular weight is 1590 g/mol. The van der Waals surface area contributed by atoms with Crippen molar-refractivity contribution in [2.24, 2.45) is 17.8 Å². The summed E-state index contributed by atoms with van der Waals surface area (Å²) in [7, 11) is 6.00. The van der Waals surface area contributed by atoms with E-state index in [0.29, 0.717) is 0 Å². The van der Waals surface area contributed by atoms with Crippen LogP contribution >= 0.6 is 0 Å². The summed E-state index contributed by atoms with van der Waals surface area (Å²) in [5.41, 5.74) is 0. The standard InChI is InChI=1S/6C10H8.3C6H6.3C4H10.3C3H8.3C2H6.6CH4O/c6*1-2-6-10-8-4-3-7-9(10)5-1;3*1-2-4-6-5-3-1;3*1-4(2)3;3*1-3-2;9*1-2/h6*1-8H;3*1-6H;3*4H,1-3H3;3*3H2,1-2H3;3*1-2H3;6*2H,1H3. The van der Waals surface area contributed by atoms with Gasteiger partial charge in [-0.15, -0.1) is 0 Å². The monoisotopic (exact) mass is 1590 g/mol. The number of hydrogen-bond donors (Lipinski definition) is 6. The Morgan fingerprint density at radius 1 is 0.128 bits per heavy atom. The van der Waals surface area contributed by atoms with Gasteiger partial charge in [0.15, 0.2) is 0 Å². The fourth-order valence-corrected chi connectivity index (χ4v) is 7.95. The first-order chi connectivity index (χ1) is 57.2. The molecule has 0 aliphatic carbocycles. The molecule has 0 aliphatic rings. The number of fused-ring (bicyclic) bond motifs is 6. The fourth-order valence-electron chi connectivity index (χ4n) is 7.95. The molecule has 0 bridgehead atoms. The largest absolute Gasteiger partial charge is 0.400 e. The van der Waals surface area contributed by atoms with Crippen LogP contribution in [0.4, 0.5) is 0 Å². The van der Waals surface area contributed by atoms with E-state index in [9.17, 15) is 0 Å². The maximum Gasteiger partial charge on any atom is 0.0319 e. The average Bonchev–Trinajstić information content (AvgIpc) is 0.916. The highest BCUT2D eigenvalue weighted by molar-refractivity contribution is 5.85. The number of rotatable bonds is 0. The van der Waals surface area contributed by atoms with Gasteiger partial charge in [-0.05, 0) is 82.4 Å². The number of hydrogen-bond acceptors (Lipinski definition) is 6. The molecule has 15 aromatic carbocycles. The first kappa shape index (κ1) is 125. The molecule has 6 heteroatoms. The van der Waals surface area contributed by atoms with E-state index < -0.39 is 0 Å². The van der Waals surface area contributed by atoms with Crippen molar-refractivity contribution in [1.82, 2.24) is 0 Å². The minimum atomic E-state index is 0.833. The first-order valence-corrected chi connectivity index (χ1v) is 41.6. The Hall–Kier alpha value is -10.4. The lowest BCUT2D eigenvalue weighted by atomic mass is 10.1. The van der Waals surface area contributed by atoms with E-state index in [1.54, 1.807) is 0 Å². The SMILES string of the molecule is CC.CC.CC.CC(C)C.CC(C)C.CC(C)C.CCC.CCC.CCC.CO.CO.CO.CO.CO.CO.c1ccc2ccccc2c1.c1ccc2ccccc2c1.c1ccc2ccccc2c1.c1ccc2ccccc2c1.c1ccc2ccccc2c1.c1ccc2ccccc2c1.c1ccccc1.c1ccccc1.c1ccccc1. The van der Waals surface area contributed by atoms with Crippen LogP contribution in [-0.2, 0) is 0 Å². The van der Waals surface area contributed by atoms with Gasteiger partial charge in [0.25, 0.3) is 0 Å². The molecule has 15 aromatic rings. The van der Waals surface area contributed by atoms with Crippen LogP contribution in [-0.4, -0.2) is 73.3 Å². The van der Waals surface area contributed by atoms with Gasteiger partial charge in [-0.3, -0.25) is 0 Å². The first-order valence-electron chi connectivity index (χ1n) is 41.6. The van der Waals surface area contributed by atoms with Crippen LogP contribution in [0.3, 0.4) is 0 Å². The Bertz CT molecular complexity index is 3050. The molecule has 6 nitrogen and oxygen atoms in total. The van der Waals surface area contributed by atoms with Crippen molar-refractivity contribution in [3.8, 4) is 0 Å². The molecule has 0 saturated heterocycles. The normalized spacial score (nSPS) is 8.21. The van der Waals surface area contributed by atoms with Gasteiger partial charge in [0.05, 0.1) is 0 Å². The third-order valence-electron chi connectivity index (χ3n) is 12.0. The second-order valence-corrected chi connectivity index (χ2v) is 24.9. The van der Waals surface area contributed by atoms with Crippen molar-refractivity contribution < 1.29 is 30.6 Å². The number of aliphatic hydroxyl groups excluding tert-OH is 6. The third kappa shape index (κ3) is 84.8. The number of aliphatic hydroxyl groups is 6. The van der Waals surface area contributed by atoms with E-state index in [4.69, 9.17) is 30.6 Å². The van der Waals surface area contributed by atoms with Gasteiger partial charge >= 0.3 is 0 Å². The van der Waals surface area contributed by atoms with E-state index in [1.165, 1.54) is 83.9 Å². The van der Waals surface area contributed by atoms with Crippen LogP contribution in [0, 0.1) is 17.8 Å². The molecule has 117 heavy (non-hydrogen) atoms. The summed E-state index contributed by atoms with van der Waals surface area (Å²) in [6.45, 7) is 44.3. The Balaban J connectivity index is -0.000000153. The minimum absolute atomic E-state index is 0.833. The summed E-state index contributed by atoms with van der Waals surface area (Å²) in [6, 6.07) is 136. The van der Waals surface area contributed by atoms with Crippen LogP contribution in [0.1, 0.15) is 165 Å². The minimum Gasteiger partial charge on any atom is -0.400 e. The molecule has 0 aliphatic heterocycles. The van der Waals surface area contributed by atoms with Crippen molar-refractivity contribution in [2.45, 2.75) is 165 Å². The fraction of sp³-hybridized carbons (Fsp3) is 0.297. The van der Waals surface area contributed by atoms with Crippen LogP contribution in [0.2, 0.25) is 0 Å². The molecule has 15 rings (SSSR count). The Morgan fingerprint density at radius 2 is 0.162 bits per heavy atom. The maximum atomic E-state index is 7.00. The van der Waals surface area contributed by atoms with E-state index in [1.807, 2.05) is 151 Å². The van der Waals surface area contributed by atoms with Crippen LogP contribution in [0.5, 0.6) is 0 Å². The molecule has 0 amide bonds. The van der Waals surface area contributed by atoms with Gasteiger partial charge < -0.3 is 30.6 Å².